The highest BCUT2D eigenvalue weighted by atomic mass is 15.2. The summed E-state index contributed by atoms with van der Waals surface area (Å²) in [6.07, 6.45) is 5.61. The Hall–Kier alpha value is -0.0800. The second-order valence-electron chi connectivity index (χ2n) is 5.07. The van der Waals surface area contributed by atoms with Gasteiger partial charge in [-0.2, -0.15) is 0 Å². The van der Waals surface area contributed by atoms with E-state index in [1.54, 1.807) is 0 Å². The minimum atomic E-state index is 0.551. The van der Waals surface area contributed by atoms with Gasteiger partial charge in [0.25, 0.3) is 0 Å². The molecule has 0 aromatic carbocycles. The maximum Gasteiger partial charge on any atom is 0.0159 e. The highest BCUT2D eigenvalue weighted by Crippen LogP contribution is 2.36. The van der Waals surface area contributed by atoms with Gasteiger partial charge in [0, 0.05) is 12.6 Å². The maximum atomic E-state index is 3.50. The molecular weight excluding hydrogens is 160 g/mol. The highest BCUT2D eigenvalue weighted by molar-refractivity contribution is 4.95. The summed E-state index contributed by atoms with van der Waals surface area (Å²) >= 11 is 0. The molecule has 0 aliphatic carbocycles. The summed E-state index contributed by atoms with van der Waals surface area (Å²) in [5.41, 5.74) is 0.551. The van der Waals surface area contributed by atoms with Gasteiger partial charge in [-0.1, -0.05) is 13.3 Å². The van der Waals surface area contributed by atoms with Gasteiger partial charge >= 0.3 is 0 Å². The van der Waals surface area contributed by atoms with Gasteiger partial charge in [0.05, 0.1) is 0 Å². The van der Waals surface area contributed by atoms with Gasteiger partial charge in [-0.05, 0) is 44.8 Å². The van der Waals surface area contributed by atoms with Gasteiger partial charge < -0.3 is 10.2 Å². The lowest BCUT2D eigenvalue weighted by atomic mass is 9.77. The number of likely N-dealkylation sites (tertiary alicyclic amines) is 1. The van der Waals surface area contributed by atoms with Crippen LogP contribution in [-0.4, -0.2) is 37.6 Å². The van der Waals surface area contributed by atoms with Crippen LogP contribution in [0.1, 0.15) is 32.6 Å². The normalized spacial score (nSPS) is 42.5. The molecule has 76 valence electrons. The fourth-order valence-electron chi connectivity index (χ4n) is 3.08. The van der Waals surface area contributed by atoms with Crippen molar-refractivity contribution in [2.45, 2.75) is 38.6 Å². The first kappa shape index (κ1) is 9.47. The Morgan fingerprint density at radius 3 is 2.85 bits per heavy atom. The molecule has 2 nitrogen and oxygen atoms in total. The average Bonchev–Trinajstić information content (AvgIpc) is 2.54. The van der Waals surface area contributed by atoms with Crippen molar-refractivity contribution in [1.29, 1.82) is 0 Å². The quantitative estimate of drug-likeness (QED) is 0.660. The summed E-state index contributed by atoms with van der Waals surface area (Å²) < 4.78 is 0. The lowest BCUT2D eigenvalue weighted by Gasteiger charge is -2.43. The number of rotatable bonds is 1. The summed E-state index contributed by atoms with van der Waals surface area (Å²) in [6.45, 7) is 6.21. The SMILES string of the molecule is CN1CCCC[C@H]1[C@]1(C)CCNC1. The Labute approximate surface area is 81.7 Å². The molecule has 2 heterocycles. The Balaban J connectivity index is 2.04. The summed E-state index contributed by atoms with van der Waals surface area (Å²) in [5, 5.41) is 3.50. The third-order valence-electron chi connectivity index (χ3n) is 3.98. The van der Waals surface area contributed by atoms with Crippen LogP contribution in [0, 0.1) is 5.41 Å². The predicted molar refractivity (Wildman–Crippen MR) is 55.9 cm³/mol. The zero-order valence-corrected chi connectivity index (χ0v) is 8.97. The zero-order chi connectivity index (χ0) is 9.31. The number of hydrogen-bond donors (Lipinski definition) is 1. The molecule has 0 saturated carbocycles. The number of nitrogens with zero attached hydrogens (tertiary/aromatic N) is 1. The Morgan fingerprint density at radius 2 is 2.23 bits per heavy atom. The van der Waals surface area contributed by atoms with Crippen LogP contribution < -0.4 is 5.32 Å². The van der Waals surface area contributed by atoms with E-state index >= 15 is 0 Å². The third kappa shape index (κ3) is 1.75. The van der Waals surface area contributed by atoms with Crippen LogP contribution >= 0.6 is 0 Å². The first-order valence-electron chi connectivity index (χ1n) is 5.63. The second-order valence-corrected chi connectivity index (χ2v) is 5.07. The summed E-state index contributed by atoms with van der Waals surface area (Å²) in [7, 11) is 2.30. The molecule has 2 rings (SSSR count). The van der Waals surface area contributed by atoms with Crippen molar-refractivity contribution >= 4 is 0 Å². The van der Waals surface area contributed by atoms with Gasteiger partial charge in [-0.25, -0.2) is 0 Å². The molecule has 0 aromatic rings. The van der Waals surface area contributed by atoms with E-state index in [0.717, 1.165) is 6.04 Å². The topological polar surface area (TPSA) is 15.3 Å². The van der Waals surface area contributed by atoms with Crippen LogP contribution in [0.15, 0.2) is 0 Å². The molecule has 2 aliphatic rings. The smallest absolute Gasteiger partial charge is 0.0159 e. The van der Waals surface area contributed by atoms with Crippen molar-refractivity contribution in [3.63, 3.8) is 0 Å². The van der Waals surface area contributed by atoms with Gasteiger partial charge in [0.2, 0.25) is 0 Å². The Bertz CT molecular complexity index is 173. The largest absolute Gasteiger partial charge is 0.316 e. The van der Waals surface area contributed by atoms with E-state index in [1.807, 2.05) is 0 Å². The van der Waals surface area contributed by atoms with Crippen molar-refractivity contribution in [2.75, 3.05) is 26.7 Å². The molecule has 0 unspecified atom stereocenters. The van der Waals surface area contributed by atoms with Crippen LogP contribution in [0.25, 0.3) is 0 Å². The molecule has 2 atom stereocenters. The van der Waals surface area contributed by atoms with E-state index < -0.39 is 0 Å². The van der Waals surface area contributed by atoms with E-state index in [4.69, 9.17) is 0 Å². The summed E-state index contributed by atoms with van der Waals surface area (Å²) in [4.78, 5) is 2.58. The number of piperidine rings is 1. The van der Waals surface area contributed by atoms with Crippen molar-refractivity contribution < 1.29 is 0 Å². The van der Waals surface area contributed by atoms with Crippen LogP contribution in [0.2, 0.25) is 0 Å². The van der Waals surface area contributed by atoms with Crippen LogP contribution in [0.3, 0.4) is 0 Å². The van der Waals surface area contributed by atoms with Crippen molar-refractivity contribution in [3.8, 4) is 0 Å². The predicted octanol–water partition coefficient (Wildman–Crippen LogP) is 1.47. The maximum absolute atomic E-state index is 3.50. The Kier molecular flexibility index (Phi) is 2.61. The Morgan fingerprint density at radius 1 is 1.38 bits per heavy atom. The second kappa shape index (κ2) is 3.58. The summed E-state index contributed by atoms with van der Waals surface area (Å²) in [5.74, 6) is 0. The fourth-order valence-corrected chi connectivity index (χ4v) is 3.08. The molecule has 0 radical (unpaired) electrons. The first-order valence-corrected chi connectivity index (χ1v) is 5.63. The standard InChI is InChI=1S/C11H22N2/c1-11(6-7-12-9-11)10-5-3-4-8-13(10)2/h10,12H,3-9H2,1-2H3/t10-,11+/m0/s1. The van der Waals surface area contributed by atoms with E-state index in [9.17, 15) is 0 Å². The minimum absolute atomic E-state index is 0.551. The van der Waals surface area contributed by atoms with Crippen molar-refractivity contribution in [3.05, 3.63) is 0 Å². The fraction of sp³-hybridized carbons (Fsp3) is 1.00. The average molecular weight is 182 g/mol. The number of nitrogens with one attached hydrogen (secondary N) is 1. The lowest BCUT2D eigenvalue weighted by Crippen LogP contribution is -2.48. The lowest BCUT2D eigenvalue weighted by molar-refractivity contribution is 0.0766. The summed E-state index contributed by atoms with van der Waals surface area (Å²) in [6, 6.07) is 0.830. The molecule has 1 N–H and O–H groups in total. The molecule has 0 aromatic heterocycles. The molecule has 13 heavy (non-hydrogen) atoms. The molecular formula is C11H22N2. The molecule has 2 fully saturated rings. The van der Waals surface area contributed by atoms with E-state index in [-0.39, 0.29) is 0 Å². The zero-order valence-electron chi connectivity index (χ0n) is 8.97. The van der Waals surface area contributed by atoms with Gasteiger partial charge in [-0.3, -0.25) is 0 Å². The van der Waals surface area contributed by atoms with E-state index in [1.165, 1.54) is 45.3 Å². The van der Waals surface area contributed by atoms with Crippen molar-refractivity contribution in [1.82, 2.24) is 10.2 Å². The minimum Gasteiger partial charge on any atom is -0.316 e. The highest BCUT2D eigenvalue weighted by Gasteiger charge is 2.39. The van der Waals surface area contributed by atoms with Crippen LogP contribution in [0.4, 0.5) is 0 Å². The van der Waals surface area contributed by atoms with Crippen molar-refractivity contribution in [2.24, 2.45) is 5.41 Å². The van der Waals surface area contributed by atoms with Gasteiger partial charge in [0.1, 0.15) is 0 Å². The molecule has 0 amide bonds. The number of hydrogen-bond acceptors (Lipinski definition) is 2. The van der Waals surface area contributed by atoms with E-state index in [0.29, 0.717) is 5.41 Å². The molecule has 2 heteroatoms. The van der Waals surface area contributed by atoms with Crippen LogP contribution in [-0.2, 0) is 0 Å². The molecule has 0 spiro atoms. The molecule has 2 aliphatic heterocycles. The molecule has 0 bridgehead atoms. The molecule has 2 saturated heterocycles. The van der Waals surface area contributed by atoms with E-state index in [2.05, 4.69) is 24.2 Å². The van der Waals surface area contributed by atoms with Gasteiger partial charge in [0.15, 0.2) is 0 Å². The monoisotopic (exact) mass is 182 g/mol. The van der Waals surface area contributed by atoms with Gasteiger partial charge in [-0.15, -0.1) is 0 Å². The van der Waals surface area contributed by atoms with Crippen LogP contribution in [0.5, 0.6) is 0 Å². The first-order chi connectivity index (χ1) is 6.22. The third-order valence-corrected chi connectivity index (χ3v) is 3.98.